The van der Waals surface area contributed by atoms with E-state index in [4.69, 9.17) is 5.26 Å². The van der Waals surface area contributed by atoms with Crippen molar-refractivity contribution >= 4 is 5.65 Å². The summed E-state index contributed by atoms with van der Waals surface area (Å²) in [6.07, 6.45) is 5.35. The van der Waals surface area contributed by atoms with E-state index in [2.05, 4.69) is 35.2 Å². The lowest BCUT2D eigenvalue weighted by Crippen LogP contribution is -2.23. The number of fused-ring (bicyclic) bond motifs is 1. The summed E-state index contributed by atoms with van der Waals surface area (Å²) in [5.74, 6) is 1.08. The molecule has 0 saturated carbocycles. The summed E-state index contributed by atoms with van der Waals surface area (Å²) in [5, 5.41) is 12.6. The van der Waals surface area contributed by atoms with Gasteiger partial charge < -0.3 is 9.72 Å². The van der Waals surface area contributed by atoms with Crippen LogP contribution in [-0.4, -0.2) is 25.0 Å². The molecule has 6 nitrogen and oxygen atoms in total. The second-order valence-corrected chi connectivity index (χ2v) is 5.08. The van der Waals surface area contributed by atoms with Crippen molar-refractivity contribution in [2.75, 3.05) is 0 Å². The first-order chi connectivity index (χ1) is 10.2. The Morgan fingerprint density at radius 2 is 2.19 bits per heavy atom. The second-order valence-electron chi connectivity index (χ2n) is 5.08. The normalized spacial score (nSPS) is 11.1. The van der Waals surface area contributed by atoms with Crippen molar-refractivity contribution in [3.63, 3.8) is 0 Å². The van der Waals surface area contributed by atoms with Crippen LogP contribution in [0.2, 0.25) is 0 Å². The zero-order chi connectivity index (χ0) is 14.8. The molecule has 0 radical (unpaired) electrons. The topological polar surface area (TPSA) is 70.9 Å². The van der Waals surface area contributed by atoms with Gasteiger partial charge in [0, 0.05) is 31.2 Å². The molecule has 0 aliphatic rings. The molecule has 6 heteroatoms. The Bertz CT molecular complexity index is 805. The van der Waals surface area contributed by atoms with Crippen LogP contribution in [0.15, 0.2) is 36.8 Å². The second kappa shape index (κ2) is 5.38. The molecule has 0 saturated heterocycles. The predicted octanol–water partition coefficient (Wildman–Crippen LogP) is 1.89. The molecule has 0 atom stereocenters. The quantitative estimate of drug-likeness (QED) is 0.792. The van der Waals surface area contributed by atoms with E-state index in [1.807, 2.05) is 28.8 Å². The average Bonchev–Trinajstić information content (AvgIpc) is 3.08. The molecule has 0 aliphatic carbocycles. The predicted molar refractivity (Wildman–Crippen MR) is 79.0 cm³/mol. The summed E-state index contributed by atoms with van der Waals surface area (Å²) < 4.78 is 3.76. The third kappa shape index (κ3) is 2.39. The molecule has 1 N–H and O–H groups in total. The first-order valence-electron chi connectivity index (χ1n) is 6.84. The number of aromatic nitrogens is 4. The minimum absolute atomic E-state index is 0.337. The molecule has 0 aromatic carbocycles. The SMILES string of the molecule is CC(C)NCc1c(-n2ccnc2C#N)nc2ccccn12. The molecular formula is C15H16N6. The van der Waals surface area contributed by atoms with Gasteiger partial charge in [-0.3, -0.25) is 4.57 Å². The zero-order valence-corrected chi connectivity index (χ0v) is 12.0. The van der Waals surface area contributed by atoms with Crippen molar-refractivity contribution < 1.29 is 0 Å². The van der Waals surface area contributed by atoms with Gasteiger partial charge in [0.15, 0.2) is 5.82 Å². The molecule has 3 heterocycles. The molecule has 3 aromatic heterocycles. The highest BCUT2D eigenvalue weighted by Crippen LogP contribution is 2.18. The third-order valence-corrected chi connectivity index (χ3v) is 3.25. The van der Waals surface area contributed by atoms with E-state index < -0.39 is 0 Å². The lowest BCUT2D eigenvalue weighted by atomic mass is 10.3. The van der Waals surface area contributed by atoms with Crippen LogP contribution in [0.5, 0.6) is 0 Å². The standard InChI is InChI=1S/C15H16N6/c1-11(2)18-10-12-15(21-8-6-17-14(21)9-16)19-13-5-3-4-7-20(12)13/h3-8,11,18H,10H2,1-2H3. The minimum atomic E-state index is 0.337. The molecule has 0 aliphatic heterocycles. The van der Waals surface area contributed by atoms with E-state index >= 15 is 0 Å². The van der Waals surface area contributed by atoms with Gasteiger partial charge in [-0.25, -0.2) is 9.97 Å². The fourth-order valence-corrected chi connectivity index (χ4v) is 2.25. The van der Waals surface area contributed by atoms with Gasteiger partial charge in [0.1, 0.15) is 11.7 Å². The molecule has 21 heavy (non-hydrogen) atoms. The molecule has 0 spiro atoms. The van der Waals surface area contributed by atoms with Crippen molar-refractivity contribution in [3.05, 3.63) is 48.3 Å². The highest BCUT2D eigenvalue weighted by atomic mass is 15.2. The maximum absolute atomic E-state index is 9.17. The third-order valence-electron chi connectivity index (χ3n) is 3.25. The summed E-state index contributed by atoms with van der Waals surface area (Å²) in [7, 11) is 0. The Hall–Kier alpha value is -2.65. The number of pyridine rings is 1. The Morgan fingerprint density at radius 1 is 1.33 bits per heavy atom. The van der Waals surface area contributed by atoms with Crippen molar-refractivity contribution in [2.24, 2.45) is 0 Å². The fourth-order valence-electron chi connectivity index (χ4n) is 2.25. The van der Waals surface area contributed by atoms with Crippen LogP contribution in [0, 0.1) is 11.3 Å². The maximum Gasteiger partial charge on any atom is 0.218 e. The molecule has 0 bridgehead atoms. The molecule has 3 aromatic rings. The van der Waals surface area contributed by atoms with Gasteiger partial charge in [-0.1, -0.05) is 19.9 Å². The van der Waals surface area contributed by atoms with Crippen LogP contribution in [-0.2, 0) is 6.54 Å². The number of imidazole rings is 2. The highest BCUT2D eigenvalue weighted by molar-refractivity contribution is 5.49. The smallest absolute Gasteiger partial charge is 0.218 e. The highest BCUT2D eigenvalue weighted by Gasteiger charge is 2.16. The fraction of sp³-hybridized carbons (Fsp3) is 0.267. The number of nitrogens with one attached hydrogen (secondary N) is 1. The average molecular weight is 280 g/mol. The van der Waals surface area contributed by atoms with Gasteiger partial charge in [0.25, 0.3) is 0 Å². The number of nitrogens with zero attached hydrogens (tertiary/aromatic N) is 5. The van der Waals surface area contributed by atoms with Crippen LogP contribution in [0.1, 0.15) is 25.4 Å². The lowest BCUT2D eigenvalue weighted by molar-refractivity contribution is 0.578. The van der Waals surface area contributed by atoms with Gasteiger partial charge in [-0.15, -0.1) is 0 Å². The van der Waals surface area contributed by atoms with E-state index in [1.165, 1.54) is 0 Å². The largest absolute Gasteiger partial charge is 0.309 e. The first kappa shape index (κ1) is 13.3. The van der Waals surface area contributed by atoms with Crippen LogP contribution in [0.3, 0.4) is 0 Å². The van der Waals surface area contributed by atoms with Gasteiger partial charge in [0.05, 0.1) is 5.69 Å². The Balaban J connectivity index is 2.17. The van der Waals surface area contributed by atoms with Crippen molar-refractivity contribution in [2.45, 2.75) is 26.4 Å². The van der Waals surface area contributed by atoms with Gasteiger partial charge in [0.2, 0.25) is 5.82 Å². The molecule has 3 rings (SSSR count). The van der Waals surface area contributed by atoms with Crippen molar-refractivity contribution in [1.29, 1.82) is 5.26 Å². The first-order valence-corrected chi connectivity index (χ1v) is 6.84. The van der Waals surface area contributed by atoms with Crippen molar-refractivity contribution in [3.8, 4) is 11.9 Å². The summed E-state index contributed by atoms with van der Waals surface area (Å²) >= 11 is 0. The lowest BCUT2D eigenvalue weighted by Gasteiger charge is -2.10. The maximum atomic E-state index is 9.17. The molecule has 0 amide bonds. The van der Waals surface area contributed by atoms with E-state index in [-0.39, 0.29) is 0 Å². The van der Waals surface area contributed by atoms with E-state index in [1.54, 1.807) is 17.0 Å². The number of rotatable bonds is 4. The van der Waals surface area contributed by atoms with Gasteiger partial charge in [-0.05, 0) is 12.1 Å². The Morgan fingerprint density at radius 3 is 2.95 bits per heavy atom. The zero-order valence-electron chi connectivity index (χ0n) is 12.0. The number of nitriles is 1. The Labute approximate surface area is 122 Å². The summed E-state index contributed by atoms with van der Waals surface area (Å²) in [5.41, 5.74) is 1.86. The van der Waals surface area contributed by atoms with Crippen LogP contribution < -0.4 is 5.32 Å². The van der Waals surface area contributed by atoms with E-state index in [9.17, 15) is 0 Å². The summed E-state index contributed by atoms with van der Waals surface area (Å²) in [6.45, 7) is 4.86. The minimum Gasteiger partial charge on any atom is -0.309 e. The molecule has 106 valence electrons. The van der Waals surface area contributed by atoms with Gasteiger partial charge in [-0.2, -0.15) is 5.26 Å². The molecule has 0 fully saturated rings. The molecular weight excluding hydrogens is 264 g/mol. The van der Waals surface area contributed by atoms with Gasteiger partial charge >= 0.3 is 0 Å². The summed E-state index contributed by atoms with van der Waals surface area (Å²) in [6, 6.07) is 8.33. The van der Waals surface area contributed by atoms with Crippen LogP contribution in [0.4, 0.5) is 0 Å². The Kier molecular flexibility index (Phi) is 3.42. The van der Waals surface area contributed by atoms with E-state index in [0.717, 1.165) is 17.2 Å². The monoisotopic (exact) mass is 280 g/mol. The van der Waals surface area contributed by atoms with E-state index in [0.29, 0.717) is 18.4 Å². The van der Waals surface area contributed by atoms with Crippen molar-refractivity contribution in [1.82, 2.24) is 24.3 Å². The van der Waals surface area contributed by atoms with Crippen LogP contribution in [0.25, 0.3) is 11.5 Å². The number of hydrogen-bond acceptors (Lipinski definition) is 4. The molecule has 0 unspecified atom stereocenters. The number of hydrogen-bond donors (Lipinski definition) is 1. The van der Waals surface area contributed by atoms with Crippen LogP contribution >= 0.6 is 0 Å². The summed E-state index contributed by atoms with van der Waals surface area (Å²) in [4.78, 5) is 8.69.